The van der Waals surface area contributed by atoms with Crippen molar-refractivity contribution in [2.24, 2.45) is 5.41 Å². The number of rotatable bonds is 2. The van der Waals surface area contributed by atoms with Gasteiger partial charge in [-0.1, -0.05) is 39.0 Å². The average Bonchev–Trinajstić information content (AvgIpc) is 2.48. The molecule has 1 aliphatic heterocycles. The number of amides is 3. The number of likely N-dealkylation sites (tertiary alicyclic amines) is 1. The van der Waals surface area contributed by atoms with Crippen molar-refractivity contribution in [1.82, 2.24) is 10.2 Å². The second kappa shape index (κ2) is 6.81. The molecule has 0 aliphatic carbocycles. The first-order valence-electron chi connectivity index (χ1n) is 7.78. The number of para-hydroxylation sites is 1. The standard InChI is InChI=1S/C17H25N3O2/c1-17(2,3)15(21)18-14-9-11-20(12-10-14)16(22)19-13-7-5-4-6-8-13/h4-8,14H,9-12H2,1-3H3,(H,18,21)(H,19,22). The summed E-state index contributed by atoms with van der Waals surface area (Å²) in [6.07, 6.45) is 1.59. The van der Waals surface area contributed by atoms with Crippen LogP contribution in [0.4, 0.5) is 10.5 Å². The fourth-order valence-corrected chi connectivity index (χ4v) is 2.35. The van der Waals surface area contributed by atoms with E-state index >= 15 is 0 Å². The number of benzene rings is 1. The highest BCUT2D eigenvalue weighted by Gasteiger charge is 2.27. The molecule has 0 bridgehead atoms. The van der Waals surface area contributed by atoms with E-state index in [1.807, 2.05) is 51.1 Å². The van der Waals surface area contributed by atoms with E-state index in [4.69, 9.17) is 0 Å². The number of hydrogen-bond acceptors (Lipinski definition) is 2. The summed E-state index contributed by atoms with van der Waals surface area (Å²) in [7, 11) is 0. The molecule has 1 heterocycles. The van der Waals surface area contributed by atoms with Crippen molar-refractivity contribution >= 4 is 17.6 Å². The Hall–Kier alpha value is -2.04. The van der Waals surface area contributed by atoms with Gasteiger partial charge in [-0.3, -0.25) is 4.79 Å². The third kappa shape index (κ3) is 4.48. The van der Waals surface area contributed by atoms with Gasteiger partial charge < -0.3 is 15.5 Å². The average molecular weight is 303 g/mol. The van der Waals surface area contributed by atoms with Crippen LogP contribution in [0.2, 0.25) is 0 Å². The lowest BCUT2D eigenvalue weighted by Gasteiger charge is -2.33. The van der Waals surface area contributed by atoms with Gasteiger partial charge in [0, 0.05) is 30.2 Å². The molecule has 120 valence electrons. The minimum Gasteiger partial charge on any atom is -0.353 e. The molecule has 0 saturated carbocycles. The first-order chi connectivity index (χ1) is 10.4. The van der Waals surface area contributed by atoms with Crippen LogP contribution in [0.3, 0.4) is 0 Å². The smallest absolute Gasteiger partial charge is 0.321 e. The van der Waals surface area contributed by atoms with E-state index in [1.54, 1.807) is 4.90 Å². The quantitative estimate of drug-likeness (QED) is 0.882. The molecule has 1 aromatic rings. The molecule has 22 heavy (non-hydrogen) atoms. The summed E-state index contributed by atoms with van der Waals surface area (Å²) in [4.78, 5) is 26.0. The number of carbonyl (C=O) groups is 2. The zero-order valence-corrected chi connectivity index (χ0v) is 13.6. The molecule has 0 atom stereocenters. The molecule has 1 saturated heterocycles. The molecule has 5 nitrogen and oxygen atoms in total. The Morgan fingerprint density at radius 1 is 1.09 bits per heavy atom. The molecule has 0 unspecified atom stereocenters. The molecular formula is C17H25N3O2. The van der Waals surface area contributed by atoms with Gasteiger partial charge in [-0.15, -0.1) is 0 Å². The summed E-state index contributed by atoms with van der Waals surface area (Å²) in [6, 6.07) is 9.52. The predicted molar refractivity (Wildman–Crippen MR) is 87.7 cm³/mol. The van der Waals surface area contributed by atoms with Gasteiger partial charge in [0.1, 0.15) is 0 Å². The second-order valence-electron chi connectivity index (χ2n) is 6.78. The monoisotopic (exact) mass is 303 g/mol. The molecule has 2 rings (SSSR count). The van der Waals surface area contributed by atoms with E-state index in [9.17, 15) is 9.59 Å². The molecule has 1 aliphatic rings. The van der Waals surface area contributed by atoms with Crippen LogP contribution in [0.25, 0.3) is 0 Å². The Morgan fingerprint density at radius 3 is 2.23 bits per heavy atom. The number of urea groups is 1. The van der Waals surface area contributed by atoms with Crippen LogP contribution in [-0.4, -0.2) is 36.0 Å². The van der Waals surface area contributed by atoms with E-state index < -0.39 is 0 Å². The summed E-state index contributed by atoms with van der Waals surface area (Å²) in [5.41, 5.74) is 0.428. The first kappa shape index (κ1) is 16.3. The molecule has 0 aromatic heterocycles. The van der Waals surface area contributed by atoms with Crippen LogP contribution < -0.4 is 10.6 Å². The van der Waals surface area contributed by atoms with E-state index in [0.717, 1.165) is 18.5 Å². The molecule has 2 N–H and O–H groups in total. The summed E-state index contributed by atoms with van der Waals surface area (Å²) >= 11 is 0. The van der Waals surface area contributed by atoms with Crippen molar-refractivity contribution < 1.29 is 9.59 Å². The third-order valence-corrected chi connectivity index (χ3v) is 3.82. The van der Waals surface area contributed by atoms with Crippen LogP contribution in [0.5, 0.6) is 0 Å². The normalized spacial score (nSPS) is 16.2. The van der Waals surface area contributed by atoms with Crippen LogP contribution in [-0.2, 0) is 4.79 Å². The maximum Gasteiger partial charge on any atom is 0.321 e. The number of nitrogens with zero attached hydrogens (tertiary/aromatic N) is 1. The predicted octanol–water partition coefficient (Wildman–Crippen LogP) is 2.85. The van der Waals surface area contributed by atoms with E-state index in [-0.39, 0.29) is 23.4 Å². The largest absolute Gasteiger partial charge is 0.353 e. The first-order valence-corrected chi connectivity index (χ1v) is 7.78. The topological polar surface area (TPSA) is 61.4 Å². The highest BCUT2D eigenvalue weighted by Crippen LogP contribution is 2.17. The van der Waals surface area contributed by atoms with Gasteiger partial charge in [-0.05, 0) is 25.0 Å². The fraction of sp³-hybridized carbons (Fsp3) is 0.529. The zero-order valence-electron chi connectivity index (χ0n) is 13.6. The van der Waals surface area contributed by atoms with Crippen LogP contribution in [0, 0.1) is 5.41 Å². The summed E-state index contributed by atoms with van der Waals surface area (Å²) in [5, 5.41) is 5.96. The van der Waals surface area contributed by atoms with Crippen LogP contribution >= 0.6 is 0 Å². The van der Waals surface area contributed by atoms with Gasteiger partial charge in [0.05, 0.1) is 0 Å². The Bertz CT molecular complexity index is 514. The maximum atomic E-state index is 12.2. The second-order valence-corrected chi connectivity index (χ2v) is 6.78. The van der Waals surface area contributed by atoms with Crippen molar-refractivity contribution in [2.45, 2.75) is 39.7 Å². The van der Waals surface area contributed by atoms with Crippen LogP contribution in [0.15, 0.2) is 30.3 Å². The van der Waals surface area contributed by atoms with Gasteiger partial charge >= 0.3 is 6.03 Å². The third-order valence-electron chi connectivity index (χ3n) is 3.82. The minimum absolute atomic E-state index is 0.0692. The van der Waals surface area contributed by atoms with Crippen molar-refractivity contribution in [3.05, 3.63) is 30.3 Å². The molecule has 0 radical (unpaired) electrons. The molecule has 3 amide bonds. The molecule has 1 fully saturated rings. The molecular weight excluding hydrogens is 278 g/mol. The number of carbonyl (C=O) groups excluding carboxylic acids is 2. The Labute approximate surface area is 132 Å². The zero-order chi connectivity index (χ0) is 16.2. The SMILES string of the molecule is CC(C)(C)C(=O)NC1CCN(C(=O)Nc2ccccc2)CC1. The Balaban J connectivity index is 1.79. The summed E-state index contributed by atoms with van der Waals surface area (Å²) in [5.74, 6) is 0.0692. The number of piperidine rings is 1. The minimum atomic E-state index is -0.373. The number of nitrogens with one attached hydrogen (secondary N) is 2. The maximum absolute atomic E-state index is 12.2. The summed E-state index contributed by atoms with van der Waals surface area (Å²) in [6.45, 7) is 7.04. The van der Waals surface area contributed by atoms with Crippen molar-refractivity contribution in [1.29, 1.82) is 0 Å². The lowest BCUT2D eigenvalue weighted by Crippen LogP contribution is -2.49. The highest BCUT2D eigenvalue weighted by molar-refractivity contribution is 5.89. The van der Waals surface area contributed by atoms with E-state index in [2.05, 4.69) is 10.6 Å². The van der Waals surface area contributed by atoms with E-state index in [0.29, 0.717) is 13.1 Å². The lowest BCUT2D eigenvalue weighted by molar-refractivity contribution is -0.129. The Kier molecular flexibility index (Phi) is 5.06. The van der Waals surface area contributed by atoms with Gasteiger partial charge in [0.15, 0.2) is 0 Å². The molecule has 1 aromatic carbocycles. The van der Waals surface area contributed by atoms with Crippen LogP contribution in [0.1, 0.15) is 33.6 Å². The fourth-order valence-electron chi connectivity index (χ4n) is 2.35. The molecule has 5 heteroatoms. The molecule has 0 spiro atoms. The Morgan fingerprint density at radius 2 is 1.68 bits per heavy atom. The summed E-state index contributed by atoms with van der Waals surface area (Å²) < 4.78 is 0. The number of anilines is 1. The number of hydrogen-bond donors (Lipinski definition) is 2. The van der Waals surface area contributed by atoms with E-state index in [1.165, 1.54) is 0 Å². The van der Waals surface area contributed by atoms with Gasteiger partial charge in [0.2, 0.25) is 5.91 Å². The van der Waals surface area contributed by atoms with Gasteiger partial charge in [-0.2, -0.15) is 0 Å². The van der Waals surface area contributed by atoms with Gasteiger partial charge in [-0.25, -0.2) is 4.79 Å². The highest BCUT2D eigenvalue weighted by atomic mass is 16.2. The van der Waals surface area contributed by atoms with Crippen molar-refractivity contribution in [3.8, 4) is 0 Å². The van der Waals surface area contributed by atoms with Gasteiger partial charge in [0.25, 0.3) is 0 Å². The van der Waals surface area contributed by atoms with Crippen molar-refractivity contribution in [3.63, 3.8) is 0 Å². The van der Waals surface area contributed by atoms with Crippen molar-refractivity contribution in [2.75, 3.05) is 18.4 Å². The lowest BCUT2D eigenvalue weighted by atomic mass is 9.94.